The van der Waals surface area contributed by atoms with Crippen LogP contribution in [-0.2, 0) is 35.1 Å². The molecule has 6 atom stereocenters. The highest BCUT2D eigenvalue weighted by molar-refractivity contribution is 6.07. The summed E-state index contributed by atoms with van der Waals surface area (Å²) < 4.78 is 26.8. The van der Waals surface area contributed by atoms with Gasteiger partial charge < -0.3 is 54.1 Å². The van der Waals surface area contributed by atoms with Gasteiger partial charge in [0.05, 0.1) is 68.7 Å². The zero-order valence-corrected chi connectivity index (χ0v) is 37.3. The zero-order valence-electron chi connectivity index (χ0n) is 37.3. The van der Waals surface area contributed by atoms with E-state index in [-0.39, 0.29) is 23.8 Å². The molecule has 17 heteroatoms. The Bertz CT molecular complexity index is 2820. The summed E-state index contributed by atoms with van der Waals surface area (Å²) in [6.07, 6.45) is 5.38. The fourth-order valence-corrected chi connectivity index (χ4v) is 9.46. The normalized spacial score (nSPS) is 19.2. The number of nitrogens with one attached hydrogen (secondary N) is 4. The lowest BCUT2D eigenvalue weighted by atomic mass is 9.92. The van der Waals surface area contributed by atoms with Gasteiger partial charge in [-0.1, -0.05) is 48.5 Å². The number of H-pyrrole nitrogens is 2. The first-order valence-electron chi connectivity index (χ1n) is 21.9. The first kappa shape index (κ1) is 43.8. The standard InChI is InChI=1S/C49H52N8O9/c1-27(63-3)41(54-48(60)64-4)46(58)57-25-28(17-19-62-2)20-39(57)44-50-24-37(52-44)31-13-15-33-32(21-31)26-66-40-23-34-30(22-35(33)40)14-16-36-43(34)53-45(51-36)38-12-9-18-56(38)47(59)42(55-49(61)65-5)29-10-7-6-8-11-29/h6-8,10-11,13-17,19,21-24,27-28,38-39,41-42H,9,12,18,20,25-26H2,1-5H3,(H,50,52)(H,51,53)(H,54,60)(H,55,61)/b19-17+/t27-,28+,38+,39+,41+,42-/m1/s1. The Hall–Kier alpha value is -7.40. The molecule has 3 aliphatic rings. The SMILES string of the molecule is CO/C=C/[C@H]1C[C@@H](c2ncc(-c3ccc4c(c3)COc3cc5c(ccc6[nH]c([C@@H]7CCCN7C(=O)[C@H](NC(=O)OC)c7ccccc7)nc65)cc3-4)[nH]2)N(C(=O)[C@@H](NC(=O)OC)[C@@H](C)OC)C1. The van der Waals surface area contributed by atoms with Crippen molar-refractivity contribution in [1.29, 1.82) is 0 Å². The van der Waals surface area contributed by atoms with Gasteiger partial charge in [-0.05, 0) is 84.2 Å². The number of ether oxygens (including phenoxy) is 5. The molecular formula is C49H52N8O9. The fraction of sp³-hybridized carbons (Fsp3) is 0.347. The van der Waals surface area contributed by atoms with Crippen LogP contribution in [0.25, 0.3) is 44.2 Å². The number of benzene rings is 4. The highest BCUT2D eigenvalue weighted by atomic mass is 16.5. The molecule has 4 amide bonds. The summed E-state index contributed by atoms with van der Waals surface area (Å²) in [5.41, 5.74) is 7.00. The van der Waals surface area contributed by atoms with E-state index in [1.165, 1.54) is 21.3 Å². The molecule has 66 heavy (non-hydrogen) atoms. The molecule has 0 bridgehead atoms. The van der Waals surface area contributed by atoms with Gasteiger partial charge in [0, 0.05) is 37.1 Å². The third kappa shape index (κ3) is 8.37. The Labute approximate surface area is 380 Å². The summed E-state index contributed by atoms with van der Waals surface area (Å²) in [6.45, 7) is 2.98. The zero-order chi connectivity index (χ0) is 46.1. The van der Waals surface area contributed by atoms with E-state index in [0.29, 0.717) is 43.3 Å². The fourth-order valence-electron chi connectivity index (χ4n) is 9.46. The third-order valence-electron chi connectivity index (χ3n) is 12.9. The molecule has 9 rings (SSSR count). The quantitative estimate of drug-likeness (QED) is 0.0903. The smallest absolute Gasteiger partial charge is 0.407 e. The molecular weight excluding hydrogens is 845 g/mol. The van der Waals surface area contributed by atoms with Crippen LogP contribution in [0.3, 0.4) is 0 Å². The van der Waals surface area contributed by atoms with E-state index in [1.807, 2.05) is 48.5 Å². The topological polar surface area (TPSA) is 202 Å². The molecule has 4 aromatic carbocycles. The van der Waals surface area contributed by atoms with Crippen molar-refractivity contribution >= 4 is 45.8 Å². The average Bonchev–Trinajstić information content (AvgIpc) is 4.19. The number of likely N-dealkylation sites (tertiary alicyclic amines) is 2. The van der Waals surface area contributed by atoms with E-state index < -0.39 is 36.4 Å². The van der Waals surface area contributed by atoms with Crippen LogP contribution in [-0.4, -0.2) is 107 Å². The second kappa shape index (κ2) is 18.6. The summed E-state index contributed by atoms with van der Waals surface area (Å²) in [5, 5.41) is 7.29. The second-order valence-corrected chi connectivity index (χ2v) is 16.8. The summed E-state index contributed by atoms with van der Waals surface area (Å²) in [4.78, 5) is 73.3. The van der Waals surface area contributed by atoms with Gasteiger partial charge in [-0.25, -0.2) is 19.6 Å². The number of imidazole rings is 2. The minimum absolute atomic E-state index is 0.0166. The van der Waals surface area contributed by atoms with E-state index in [4.69, 9.17) is 33.7 Å². The van der Waals surface area contributed by atoms with Crippen LogP contribution in [0.1, 0.15) is 67.1 Å². The average molecular weight is 897 g/mol. The predicted molar refractivity (Wildman–Crippen MR) is 244 cm³/mol. The third-order valence-corrected chi connectivity index (χ3v) is 12.9. The van der Waals surface area contributed by atoms with Gasteiger partial charge in [0.25, 0.3) is 5.91 Å². The van der Waals surface area contributed by atoms with Crippen molar-refractivity contribution in [3.05, 3.63) is 114 Å². The molecule has 0 aliphatic carbocycles. The van der Waals surface area contributed by atoms with E-state index in [9.17, 15) is 19.2 Å². The van der Waals surface area contributed by atoms with E-state index in [1.54, 1.807) is 36.3 Å². The van der Waals surface area contributed by atoms with Crippen LogP contribution >= 0.6 is 0 Å². The molecule has 0 saturated carbocycles. The lowest BCUT2D eigenvalue weighted by Crippen LogP contribution is -2.54. The van der Waals surface area contributed by atoms with Crippen LogP contribution in [0, 0.1) is 5.92 Å². The molecule has 0 unspecified atom stereocenters. The minimum atomic E-state index is -0.981. The number of alkyl carbamates (subject to hydrolysis) is 2. The molecule has 2 saturated heterocycles. The number of fused-ring (bicyclic) bond motifs is 6. The van der Waals surface area contributed by atoms with E-state index >= 15 is 0 Å². The van der Waals surface area contributed by atoms with Crippen LogP contribution in [0.2, 0.25) is 0 Å². The largest absolute Gasteiger partial charge is 0.505 e. The van der Waals surface area contributed by atoms with Gasteiger partial charge in [0.2, 0.25) is 5.91 Å². The molecule has 6 aromatic rings. The molecule has 5 heterocycles. The van der Waals surface area contributed by atoms with Gasteiger partial charge in [0.15, 0.2) is 0 Å². The number of carbonyl (C=O) groups excluding carboxylic acids is 4. The van der Waals surface area contributed by atoms with Crippen molar-refractivity contribution in [2.45, 2.75) is 63.1 Å². The maximum Gasteiger partial charge on any atom is 0.407 e. The van der Waals surface area contributed by atoms with Gasteiger partial charge in [-0.3, -0.25) is 9.59 Å². The number of nitrogens with zero attached hydrogens (tertiary/aromatic N) is 4. The van der Waals surface area contributed by atoms with Gasteiger partial charge in [0.1, 0.15) is 36.1 Å². The summed E-state index contributed by atoms with van der Waals surface area (Å²) in [7, 11) is 5.59. The van der Waals surface area contributed by atoms with Crippen molar-refractivity contribution < 1.29 is 42.9 Å². The lowest BCUT2D eigenvalue weighted by molar-refractivity contribution is -0.137. The van der Waals surface area contributed by atoms with Crippen molar-refractivity contribution in [2.75, 3.05) is 41.5 Å². The number of aromatic amines is 2. The van der Waals surface area contributed by atoms with Crippen molar-refractivity contribution in [3.63, 3.8) is 0 Å². The molecule has 0 spiro atoms. The first-order valence-corrected chi connectivity index (χ1v) is 21.9. The Kier molecular flexibility index (Phi) is 12.4. The van der Waals surface area contributed by atoms with Crippen LogP contribution in [0.15, 0.2) is 91.3 Å². The van der Waals surface area contributed by atoms with Crippen LogP contribution in [0.4, 0.5) is 9.59 Å². The molecule has 0 radical (unpaired) electrons. The molecule has 342 valence electrons. The predicted octanol–water partition coefficient (Wildman–Crippen LogP) is 7.24. The number of hydrogen-bond donors (Lipinski definition) is 4. The Morgan fingerprint density at radius 2 is 1.67 bits per heavy atom. The number of carbonyl (C=O) groups is 4. The van der Waals surface area contributed by atoms with Crippen LogP contribution in [0.5, 0.6) is 5.75 Å². The summed E-state index contributed by atoms with van der Waals surface area (Å²) in [6, 6.07) is 21.0. The van der Waals surface area contributed by atoms with E-state index in [2.05, 4.69) is 50.9 Å². The lowest BCUT2D eigenvalue weighted by Gasteiger charge is -2.30. The first-order chi connectivity index (χ1) is 32.1. The molecule has 2 aromatic heterocycles. The number of amides is 4. The Morgan fingerprint density at radius 3 is 2.44 bits per heavy atom. The van der Waals surface area contributed by atoms with Crippen molar-refractivity contribution in [2.24, 2.45) is 5.92 Å². The number of rotatable bonds is 12. The molecule has 4 N–H and O–H groups in total. The Morgan fingerprint density at radius 1 is 0.864 bits per heavy atom. The molecule has 17 nitrogen and oxygen atoms in total. The maximum absolute atomic E-state index is 14.1. The highest BCUT2D eigenvalue weighted by Crippen LogP contribution is 2.44. The minimum Gasteiger partial charge on any atom is -0.505 e. The summed E-state index contributed by atoms with van der Waals surface area (Å²) in [5.74, 6) is 1.48. The van der Waals surface area contributed by atoms with Crippen molar-refractivity contribution in [3.8, 4) is 28.1 Å². The number of aromatic nitrogens is 4. The van der Waals surface area contributed by atoms with Crippen LogP contribution < -0.4 is 15.4 Å². The molecule has 3 aliphatic heterocycles. The molecule has 2 fully saturated rings. The van der Waals surface area contributed by atoms with Crippen molar-refractivity contribution in [1.82, 2.24) is 40.4 Å². The van der Waals surface area contributed by atoms with Gasteiger partial charge >= 0.3 is 12.2 Å². The van der Waals surface area contributed by atoms with Gasteiger partial charge in [-0.15, -0.1) is 0 Å². The highest BCUT2D eigenvalue weighted by Gasteiger charge is 2.42. The monoisotopic (exact) mass is 896 g/mol. The Balaban J connectivity index is 0.969. The van der Waals surface area contributed by atoms with Gasteiger partial charge in [-0.2, -0.15) is 0 Å². The number of hydrogen-bond acceptors (Lipinski definition) is 11. The maximum atomic E-state index is 14.1. The number of methoxy groups -OCH3 is 4. The summed E-state index contributed by atoms with van der Waals surface area (Å²) >= 11 is 0. The second-order valence-electron chi connectivity index (χ2n) is 16.8. The van der Waals surface area contributed by atoms with E-state index in [0.717, 1.165) is 68.3 Å².